The Kier molecular flexibility index (Phi) is 4.90. The third kappa shape index (κ3) is 4.21. The Morgan fingerprint density at radius 2 is 1.72 bits per heavy atom. The Morgan fingerprint density at radius 3 is 2.17 bits per heavy atom. The van der Waals surface area contributed by atoms with Crippen molar-refractivity contribution < 1.29 is 9.90 Å². The first-order valence-electron chi connectivity index (χ1n) is 6.10. The highest BCUT2D eigenvalue weighted by molar-refractivity contribution is 5.91. The van der Waals surface area contributed by atoms with Gasteiger partial charge in [-0.25, -0.2) is 4.79 Å². The number of aliphatic carboxylic acids is 1. The molecule has 2 heteroatoms. The minimum absolute atomic E-state index is 0.345. The summed E-state index contributed by atoms with van der Waals surface area (Å²) in [4.78, 5) is 10.7. The zero-order valence-corrected chi connectivity index (χ0v) is 11.4. The van der Waals surface area contributed by atoms with Crippen molar-refractivity contribution in [1.82, 2.24) is 0 Å². The van der Waals surface area contributed by atoms with Gasteiger partial charge in [0, 0.05) is 5.57 Å². The fourth-order valence-corrected chi connectivity index (χ4v) is 1.75. The summed E-state index contributed by atoms with van der Waals surface area (Å²) in [5.74, 6) is -0.353. The predicted octanol–water partition coefficient (Wildman–Crippen LogP) is 4.23. The number of benzene rings is 1. The van der Waals surface area contributed by atoms with Crippen molar-refractivity contribution in [3.05, 3.63) is 47.0 Å². The molecule has 1 aromatic carbocycles. The number of allylic oxidation sites excluding steroid dienone is 2. The molecule has 0 saturated carbocycles. The number of rotatable bonds is 4. The summed E-state index contributed by atoms with van der Waals surface area (Å²) in [5.41, 5.74) is 3.68. The second-order valence-corrected chi connectivity index (χ2v) is 4.85. The van der Waals surface area contributed by atoms with Crippen molar-refractivity contribution >= 4 is 17.6 Å². The van der Waals surface area contributed by atoms with Crippen LogP contribution in [0.2, 0.25) is 0 Å². The van der Waals surface area contributed by atoms with Gasteiger partial charge in [0.2, 0.25) is 0 Å². The van der Waals surface area contributed by atoms with E-state index in [9.17, 15) is 4.79 Å². The highest BCUT2D eigenvalue weighted by Gasteiger charge is 2.01. The first-order valence-corrected chi connectivity index (χ1v) is 6.10. The molecule has 0 amide bonds. The molecule has 0 aliphatic heterocycles. The molecule has 0 bridgehead atoms. The highest BCUT2D eigenvalue weighted by atomic mass is 16.4. The quantitative estimate of drug-likeness (QED) is 0.804. The predicted molar refractivity (Wildman–Crippen MR) is 76.2 cm³/mol. The van der Waals surface area contributed by atoms with E-state index in [1.807, 2.05) is 24.3 Å². The molecule has 0 fully saturated rings. The van der Waals surface area contributed by atoms with Gasteiger partial charge in [0.15, 0.2) is 0 Å². The summed E-state index contributed by atoms with van der Waals surface area (Å²) < 4.78 is 0. The Morgan fingerprint density at radius 1 is 1.17 bits per heavy atom. The molecule has 0 aliphatic rings. The molecular formula is C16H20O2. The minimum Gasteiger partial charge on any atom is -0.478 e. The maximum atomic E-state index is 10.7. The fraction of sp³-hybridized carbons (Fsp3) is 0.312. The number of carboxylic acids is 1. The van der Waals surface area contributed by atoms with E-state index in [2.05, 4.69) is 26.8 Å². The standard InChI is InChI=1S/C16H20O2/c1-11(2)9-12(3)15-7-5-14(6-8-15)10-13(4)16(17)18/h5-11H,1-4H3,(H,17,18)/b12-9-,13-10+. The van der Waals surface area contributed by atoms with E-state index in [0.717, 1.165) is 5.56 Å². The van der Waals surface area contributed by atoms with Crippen LogP contribution in [0.4, 0.5) is 0 Å². The van der Waals surface area contributed by atoms with Crippen molar-refractivity contribution in [3.8, 4) is 0 Å². The van der Waals surface area contributed by atoms with Crippen molar-refractivity contribution in [1.29, 1.82) is 0 Å². The lowest BCUT2D eigenvalue weighted by atomic mass is 10.0. The number of carbonyl (C=O) groups is 1. The van der Waals surface area contributed by atoms with Crippen molar-refractivity contribution in [3.63, 3.8) is 0 Å². The summed E-state index contributed by atoms with van der Waals surface area (Å²) in [6.07, 6.45) is 3.89. The van der Waals surface area contributed by atoms with Crippen LogP contribution in [-0.2, 0) is 4.79 Å². The zero-order chi connectivity index (χ0) is 13.7. The van der Waals surface area contributed by atoms with Gasteiger partial charge in [0.05, 0.1) is 0 Å². The van der Waals surface area contributed by atoms with Gasteiger partial charge in [0.1, 0.15) is 0 Å². The third-order valence-electron chi connectivity index (χ3n) is 2.67. The van der Waals surface area contributed by atoms with Crippen LogP contribution in [0.15, 0.2) is 35.9 Å². The second kappa shape index (κ2) is 6.20. The largest absolute Gasteiger partial charge is 0.478 e. The Balaban J connectivity index is 2.94. The fourth-order valence-electron chi connectivity index (χ4n) is 1.75. The molecule has 0 heterocycles. The van der Waals surface area contributed by atoms with Gasteiger partial charge in [-0.2, -0.15) is 0 Å². The van der Waals surface area contributed by atoms with Gasteiger partial charge in [-0.15, -0.1) is 0 Å². The molecule has 0 aromatic heterocycles. The van der Waals surface area contributed by atoms with Crippen molar-refractivity contribution in [2.45, 2.75) is 27.7 Å². The Bertz CT molecular complexity index is 476. The number of hydrogen-bond donors (Lipinski definition) is 1. The van der Waals surface area contributed by atoms with E-state index >= 15 is 0 Å². The molecule has 2 nitrogen and oxygen atoms in total. The molecule has 0 unspecified atom stereocenters. The van der Waals surface area contributed by atoms with Gasteiger partial charge >= 0.3 is 5.97 Å². The average molecular weight is 244 g/mol. The Labute approximate surface area is 109 Å². The topological polar surface area (TPSA) is 37.3 Å². The smallest absolute Gasteiger partial charge is 0.331 e. The number of carboxylic acid groups (broad SMARTS) is 1. The molecular weight excluding hydrogens is 224 g/mol. The van der Waals surface area contributed by atoms with E-state index in [-0.39, 0.29) is 0 Å². The molecule has 0 atom stereocenters. The maximum Gasteiger partial charge on any atom is 0.331 e. The Hall–Kier alpha value is -1.83. The van der Waals surface area contributed by atoms with Crippen molar-refractivity contribution in [2.24, 2.45) is 5.92 Å². The first-order chi connectivity index (χ1) is 8.40. The van der Waals surface area contributed by atoms with Crippen molar-refractivity contribution in [2.75, 3.05) is 0 Å². The molecule has 18 heavy (non-hydrogen) atoms. The van der Waals surface area contributed by atoms with Crippen LogP contribution in [0, 0.1) is 5.92 Å². The van der Waals surface area contributed by atoms with Gasteiger partial charge in [-0.3, -0.25) is 0 Å². The summed E-state index contributed by atoms with van der Waals surface area (Å²) in [7, 11) is 0. The lowest BCUT2D eigenvalue weighted by molar-refractivity contribution is -0.132. The van der Waals surface area contributed by atoms with Crippen LogP contribution in [0.5, 0.6) is 0 Å². The second-order valence-electron chi connectivity index (χ2n) is 4.85. The van der Waals surface area contributed by atoms with Crippen LogP contribution < -0.4 is 0 Å². The van der Waals surface area contributed by atoms with Crippen LogP contribution >= 0.6 is 0 Å². The van der Waals surface area contributed by atoms with Crippen LogP contribution in [0.3, 0.4) is 0 Å². The van der Waals surface area contributed by atoms with E-state index < -0.39 is 5.97 Å². The molecule has 1 aromatic rings. The first kappa shape index (κ1) is 14.2. The monoisotopic (exact) mass is 244 g/mol. The number of hydrogen-bond acceptors (Lipinski definition) is 1. The molecule has 1 rings (SSSR count). The van der Waals surface area contributed by atoms with Gasteiger partial charge in [-0.05, 0) is 42.5 Å². The van der Waals surface area contributed by atoms with E-state index in [1.54, 1.807) is 13.0 Å². The average Bonchev–Trinajstić information content (AvgIpc) is 2.28. The van der Waals surface area contributed by atoms with Crippen LogP contribution in [-0.4, -0.2) is 11.1 Å². The normalized spacial score (nSPS) is 12.9. The van der Waals surface area contributed by atoms with E-state index in [0.29, 0.717) is 11.5 Å². The van der Waals surface area contributed by atoms with Crippen LogP contribution in [0.1, 0.15) is 38.8 Å². The van der Waals surface area contributed by atoms with E-state index in [4.69, 9.17) is 5.11 Å². The minimum atomic E-state index is -0.880. The SMILES string of the molecule is C/C(=C/C(C)C)c1ccc(/C=C(\C)C(=O)O)cc1. The summed E-state index contributed by atoms with van der Waals surface area (Å²) >= 11 is 0. The third-order valence-corrected chi connectivity index (χ3v) is 2.67. The molecule has 0 radical (unpaired) electrons. The summed E-state index contributed by atoms with van der Waals surface area (Å²) in [6, 6.07) is 7.93. The van der Waals surface area contributed by atoms with Gasteiger partial charge in [0.25, 0.3) is 0 Å². The zero-order valence-electron chi connectivity index (χ0n) is 11.4. The maximum absolute atomic E-state index is 10.7. The molecule has 1 N–H and O–H groups in total. The van der Waals surface area contributed by atoms with Crippen LogP contribution in [0.25, 0.3) is 11.6 Å². The molecule has 0 saturated heterocycles. The highest BCUT2D eigenvalue weighted by Crippen LogP contribution is 2.18. The van der Waals surface area contributed by atoms with Gasteiger partial charge in [-0.1, -0.05) is 44.2 Å². The molecule has 0 spiro atoms. The lowest BCUT2D eigenvalue weighted by Crippen LogP contribution is -1.95. The lowest BCUT2D eigenvalue weighted by Gasteiger charge is -2.04. The summed E-state index contributed by atoms with van der Waals surface area (Å²) in [5, 5.41) is 8.81. The summed E-state index contributed by atoms with van der Waals surface area (Å²) in [6.45, 7) is 7.99. The molecule has 96 valence electrons. The van der Waals surface area contributed by atoms with E-state index in [1.165, 1.54) is 11.1 Å². The molecule has 0 aliphatic carbocycles. The van der Waals surface area contributed by atoms with Gasteiger partial charge < -0.3 is 5.11 Å².